The van der Waals surface area contributed by atoms with Crippen molar-refractivity contribution >= 4 is 33.4 Å². The van der Waals surface area contributed by atoms with Gasteiger partial charge < -0.3 is 10.2 Å². The number of carbonyl (C=O) groups excluding carboxylic acids is 2. The van der Waals surface area contributed by atoms with Crippen LogP contribution in [0.25, 0.3) is 0 Å². The van der Waals surface area contributed by atoms with Crippen molar-refractivity contribution in [3.63, 3.8) is 0 Å². The molecule has 2 aromatic rings. The maximum Gasteiger partial charge on any atom is 0.239 e. The van der Waals surface area contributed by atoms with Crippen LogP contribution in [0.5, 0.6) is 0 Å². The normalized spacial score (nSPS) is 21.3. The molecule has 2 fully saturated rings. The summed E-state index contributed by atoms with van der Waals surface area (Å²) in [5, 5.41) is 3.21. The van der Waals surface area contributed by atoms with Crippen LogP contribution in [0.15, 0.2) is 59.1 Å². The number of rotatable bonds is 4. The summed E-state index contributed by atoms with van der Waals surface area (Å²) < 4.78 is 0.870. The topological polar surface area (TPSA) is 49.4 Å². The highest BCUT2D eigenvalue weighted by Gasteiger charge is 2.44. The number of halogens is 1. The summed E-state index contributed by atoms with van der Waals surface area (Å²) in [4.78, 5) is 27.5. The molecule has 0 bridgehead atoms. The lowest BCUT2D eigenvalue weighted by molar-refractivity contribution is -0.134. The van der Waals surface area contributed by atoms with Gasteiger partial charge in [-0.2, -0.15) is 0 Å². The van der Waals surface area contributed by atoms with Crippen LogP contribution in [0, 0.1) is 5.92 Å². The highest BCUT2D eigenvalue weighted by atomic mass is 79.9. The van der Waals surface area contributed by atoms with Gasteiger partial charge in [-0.25, -0.2) is 0 Å². The minimum atomic E-state index is -0.608. The first-order valence-corrected chi connectivity index (χ1v) is 9.83. The minimum Gasteiger partial charge on any atom is -0.346 e. The van der Waals surface area contributed by atoms with Gasteiger partial charge >= 0.3 is 0 Å². The highest BCUT2D eigenvalue weighted by molar-refractivity contribution is 9.10. The number of hydrogen-bond donors (Lipinski definition) is 1. The van der Waals surface area contributed by atoms with Crippen LogP contribution in [0.1, 0.15) is 31.2 Å². The fourth-order valence-corrected chi connectivity index (χ4v) is 4.43. The predicted molar refractivity (Wildman–Crippen MR) is 105 cm³/mol. The van der Waals surface area contributed by atoms with E-state index in [1.807, 2.05) is 42.5 Å². The van der Waals surface area contributed by atoms with Crippen molar-refractivity contribution in [1.82, 2.24) is 5.32 Å². The van der Waals surface area contributed by atoms with E-state index in [0.717, 1.165) is 35.0 Å². The van der Waals surface area contributed by atoms with Crippen molar-refractivity contribution in [1.29, 1.82) is 0 Å². The molecule has 0 aromatic heterocycles. The van der Waals surface area contributed by atoms with Crippen LogP contribution >= 0.6 is 15.9 Å². The van der Waals surface area contributed by atoms with Crippen molar-refractivity contribution in [2.75, 3.05) is 11.4 Å². The maximum atomic E-state index is 12.9. The van der Waals surface area contributed by atoms with Crippen molar-refractivity contribution in [2.24, 2.45) is 5.92 Å². The molecule has 134 valence electrons. The SMILES string of the molecule is O=C(NC1(c2ccccc2)CCC1)C1CCN(c2ccccc2Br)C1=O. The molecule has 2 amide bonds. The van der Waals surface area contributed by atoms with Crippen molar-refractivity contribution in [2.45, 2.75) is 31.2 Å². The van der Waals surface area contributed by atoms with Crippen LogP contribution in [-0.4, -0.2) is 18.4 Å². The second-order valence-corrected chi connectivity index (χ2v) is 7.93. The van der Waals surface area contributed by atoms with E-state index < -0.39 is 5.92 Å². The number of para-hydroxylation sites is 1. The van der Waals surface area contributed by atoms with E-state index in [4.69, 9.17) is 0 Å². The molecule has 2 aromatic carbocycles. The van der Waals surface area contributed by atoms with Crippen LogP contribution in [0.3, 0.4) is 0 Å². The van der Waals surface area contributed by atoms with Gasteiger partial charge in [-0.15, -0.1) is 0 Å². The summed E-state index contributed by atoms with van der Waals surface area (Å²) in [6.45, 7) is 0.567. The van der Waals surface area contributed by atoms with Crippen LogP contribution < -0.4 is 10.2 Å². The Morgan fingerprint density at radius 1 is 1.08 bits per heavy atom. The summed E-state index contributed by atoms with van der Waals surface area (Å²) in [6, 6.07) is 17.7. The number of amides is 2. The lowest BCUT2D eigenvalue weighted by Gasteiger charge is -2.43. The largest absolute Gasteiger partial charge is 0.346 e. The lowest BCUT2D eigenvalue weighted by atomic mass is 9.71. The summed E-state index contributed by atoms with van der Waals surface area (Å²) in [5.41, 5.74) is 1.65. The van der Waals surface area contributed by atoms with Gasteiger partial charge in [-0.3, -0.25) is 9.59 Å². The summed E-state index contributed by atoms with van der Waals surface area (Å²) in [5.74, 6) is -0.867. The van der Waals surface area contributed by atoms with Gasteiger partial charge in [-0.1, -0.05) is 42.5 Å². The Morgan fingerprint density at radius 2 is 1.77 bits per heavy atom. The summed E-state index contributed by atoms with van der Waals surface area (Å²) >= 11 is 3.50. The lowest BCUT2D eigenvalue weighted by Crippen LogP contribution is -2.53. The number of nitrogens with one attached hydrogen (secondary N) is 1. The Bertz CT molecular complexity index is 833. The third-order valence-electron chi connectivity index (χ3n) is 5.56. The Labute approximate surface area is 161 Å². The van der Waals surface area contributed by atoms with E-state index in [0.29, 0.717) is 13.0 Å². The molecule has 1 saturated carbocycles. The van der Waals surface area contributed by atoms with Crippen molar-refractivity contribution in [3.05, 3.63) is 64.6 Å². The Balaban J connectivity index is 1.51. The molecule has 1 saturated heterocycles. The average molecular weight is 413 g/mol. The van der Waals surface area contributed by atoms with E-state index in [1.54, 1.807) is 4.90 Å². The molecule has 1 heterocycles. The Morgan fingerprint density at radius 3 is 2.42 bits per heavy atom. The molecular formula is C21H21BrN2O2. The fraction of sp³-hybridized carbons (Fsp3) is 0.333. The molecule has 26 heavy (non-hydrogen) atoms. The Hall–Kier alpha value is -2.14. The molecule has 5 heteroatoms. The van der Waals surface area contributed by atoms with Gasteiger partial charge in [-0.05, 0) is 59.3 Å². The molecule has 1 N–H and O–H groups in total. The first kappa shape index (κ1) is 17.3. The standard InChI is InChI=1S/C21H21BrN2O2/c22-17-9-4-5-10-18(17)24-14-11-16(20(24)26)19(25)23-21(12-6-13-21)15-7-2-1-3-8-15/h1-5,7-10,16H,6,11-14H2,(H,23,25). The third kappa shape index (κ3) is 2.94. The second kappa shape index (κ2) is 6.88. The van der Waals surface area contributed by atoms with Crippen LogP contribution in [0.4, 0.5) is 5.69 Å². The molecule has 1 aliphatic carbocycles. The molecule has 1 unspecified atom stereocenters. The number of anilines is 1. The minimum absolute atomic E-state index is 0.114. The molecule has 4 nitrogen and oxygen atoms in total. The summed E-state index contributed by atoms with van der Waals surface area (Å²) in [6.07, 6.45) is 3.50. The van der Waals surface area contributed by atoms with Crippen LogP contribution in [-0.2, 0) is 15.1 Å². The van der Waals surface area contributed by atoms with E-state index in [9.17, 15) is 9.59 Å². The first-order chi connectivity index (χ1) is 12.6. The van der Waals surface area contributed by atoms with E-state index >= 15 is 0 Å². The van der Waals surface area contributed by atoms with Gasteiger partial charge in [0.05, 0.1) is 11.2 Å². The zero-order valence-corrected chi connectivity index (χ0v) is 16.0. The Kier molecular flexibility index (Phi) is 4.57. The van der Waals surface area contributed by atoms with Crippen molar-refractivity contribution < 1.29 is 9.59 Å². The molecule has 2 aliphatic rings. The van der Waals surface area contributed by atoms with Gasteiger partial charge in [0.1, 0.15) is 5.92 Å². The smallest absolute Gasteiger partial charge is 0.239 e. The molecule has 0 spiro atoms. The monoisotopic (exact) mass is 412 g/mol. The predicted octanol–water partition coefficient (Wildman–Crippen LogP) is 4.00. The zero-order chi connectivity index (χ0) is 18.1. The van der Waals surface area contributed by atoms with Gasteiger partial charge in [0.15, 0.2) is 0 Å². The summed E-state index contributed by atoms with van der Waals surface area (Å²) in [7, 11) is 0. The molecular weight excluding hydrogens is 392 g/mol. The van der Waals surface area contributed by atoms with Gasteiger partial charge in [0.25, 0.3) is 0 Å². The number of benzene rings is 2. The molecule has 1 aliphatic heterocycles. The number of nitrogens with zero attached hydrogens (tertiary/aromatic N) is 1. The molecule has 0 radical (unpaired) electrons. The van der Waals surface area contributed by atoms with E-state index in [1.165, 1.54) is 0 Å². The molecule has 4 rings (SSSR count). The van der Waals surface area contributed by atoms with Crippen LogP contribution in [0.2, 0.25) is 0 Å². The maximum absolute atomic E-state index is 12.9. The van der Waals surface area contributed by atoms with Gasteiger partial charge in [0, 0.05) is 11.0 Å². The quantitative estimate of drug-likeness (QED) is 0.771. The zero-order valence-electron chi connectivity index (χ0n) is 14.5. The van der Waals surface area contributed by atoms with E-state index in [2.05, 4.69) is 33.4 Å². The number of hydrogen-bond acceptors (Lipinski definition) is 2. The first-order valence-electron chi connectivity index (χ1n) is 9.04. The fourth-order valence-electron chi connectivity index (χ4n) is 3.93. The van der Waals surface area contributed by atoms with Gasteiger partial charge in [0.2, 0.25) is 11.8 Å². The molecule has 1 atom stereocenters. The highest BCUT2D eigenvalue weighted by Crippen LogP contribution is 2.42. The van der Waals surface area contributed by atoms with Crippen molar-refractivity contribution in [3.8, 4) is 0 Å². The van der Waals surface area contributed by atoms with E-state index in [-0.39, 0.29) is 17.4 Å². The average Bonchev–Trinajstić information content (AvgIpc) is 3.01. The third-order valence-corrected chi connectivity index (χ3v) is 6.23. The second-order valence-electron chi connectivity index (χ2n) is 7.07. The number of carbonyl (C=O) groups is 2.